The Bertz CT molecular complexity index is 336. The van der Waals surface area contributed by atoms with Gasteiger partial charge in [0, 0.05) is 13.1 Å². The molecular weight excluding hydrogens is 192 g/mol. The average Bonchev–Trinajstić information content (AvgIpc) is 2.47. The van der Waals surface area contributed by atoms with Gasteiger partial charge in [0.2, 0.25) is 0 Å². The Morgan fingerprint density at radius 1 is 1.29 bits per heavy atom. The van der Waals surface area contributed by atoms with Gasteiger partial charge in [0.15, 0.2) is 5.17 Å². The molecule has 1 aliphatic heterocycles. The maximum atomic E-state index is 7.75. The van der Waals surface area contributed by atoms with Crippen molar-refractivity contribution >= 4 is 16.9 Å². The van der Waals surface area contributed by atoms with Gasteiger partial charge in [-0.05, 0) is 12.5 Å². The van der Waals surface area contributed by atoms with Crippen LogP contribution in [0.25, 0.3) is 0 Å². The molecule has 2 atom stereocenters. The largest absolute Gasteiger partial charge is 0.351 e. The molecule has 1 aromatic rings. The number of nitrogens with zero attached hydrogens (tertiary/aromatic N) is 1. The molecule has 1 N–H and O–H groups in total. The van der Waals surface area contributed by atoms with Crippen molar-refractivity contribution in [3.05, 3.63) is 35.9 Å². The van der Waals surface area contributed by atoms with Crippen LogP contribution in [0.3, 0.4) is 0 Å². The molecule has 0 saturated carbocycles. The molecule has 1 heterocycles. The first-order valence-electron chi connectivity index (χ1n) is 4.73. The van der Waals surface area contributed by atoms with Gasteiger partial charge in [-0.25, -0.2) is 0 Å². The molecule has 2 nitrogen and oxygen atoms in total. The molecule has 14 heavy (non-hydrogen) atoms. The SMILES string of the molecule is C[C@H]1[C@H](c2ccccc2)SC(=N)N1C. The number of thioether (sulfide) groups is 1. The maximum absolute atomic E-state index is 7.75. The van der Waals surface area contributed by atoms with Crippen molar-refractivity contribution in [2.24, 2.45) is 0 Å². The van der Waals surface area contributed by atoms with E-state index < -0.39 is 0 Å². The van der Waals surface area contributed by atoms with Crippen LogP contribution in [0.4, 0.5) is 0 Å². The Morgan fingerprint density at radius 2 is 1.93 bits per heavy atom. The Morgan fingerprint density at radius 3 is 2.43 bits per heavy atom. The second-order valence-electron chi connectivity index (χ2n) is 3.61. The van der Waals surface area contributed by atoms with Crippen molar-refractivity contribution in [1.82, 2.24) is 4.90 Å². The molecule has 2 rings (SSSR count). The van der Waals surface area contributed by atoms with Gasteiger partial charge in [-0.15, -0.1) is 0 Å². The average molecular weight is 206 g/mol. The van der Waals surface area contributed by atoms with E-state index in [9.17, 15) is 0 Å². The molecule has 1 aromatic carbocycles. The minimum atomic E-state index is 0.411. The van der Waals surface area contributed by atoms with E-state index in [-0.39, 0.29) is 0 Å². The van der Waals surface area contributed by atoms with Gasteiger partial charge < -0.3 is 4.90 Å². The van der Waals surface area contributed by atoms with Crippen molar-refractivity contribution in [1.29, 1.82) is 5.41 Å². The summed E-state index contributed by atoms with van der Waals surface area (Å²) in [5, 5.41) is 8.84. The first-order valence-corrected chi connectivity index (χ1v) is 5.61. The van der Waals surface area contributed by atoms with Crippen LogP contribution in [-0.4, -0.2) is 23.2 Å². The standard InChI is InChI=1S/C11H14N2S/c1-8-10(14-11(12)13(8)2)9-6-4-3-5-7-9/h3-8,10,12H,1-2H3/t8-,10+/m0/s1. The summed E-state index contributed by atoms with van der Waals surface area (Å²) in [4.78, 5) is 2.03. The Hall–Kier alpha value is -0.960. The van der Waals surface area contributed by atoms with Crippen LogP contribution in [0, 0.1) is 5.41 Å². The molecule has 0 bridgehead atoms. The summed E-state index contributed by atoms with van der Waals surface area (Å²) >= 11 is 1.64. The molecule has 0 radical (unpaired) electrons. The number of likely N-dealkylation sites (N-methyl/N-ethyl adjacent to an activating group) is 1. The third-order valence-electron chi connectivity index (χ3n) is 2.74. The van der Waals surface area contributed by atoms with Crippen molar-refractivity contribution in [3.8, 4) is 0 Å². The maximum Gasteiger partial charge on any atom is 0.157 e. The fourth-order valence-corrected chi connectivity index (χ4v) is 2.92. The third-order valence-corrected chi connectivity index (χ3v) is 4.17. The van der Waals surface area contributed by atoms with Crippen molar-refractivity contribution in [2.75, 3.05) is 7.05 Å². The lowest BCUT2D eigenvalue weighted by Gasteiger charge is -2.19. The summed E-state index contributed by atoms with van der Waals surface area (Å²) < 4.78 is 0. The van der Waals surface area contributed by atoms with Crippen molar-refractivity contribution in [3.63, 3.8) is 0 Å². The zero-order valence-corrected chi connectivity index (χ0v) is 9.21. The minimum Gasteiger partial charge on any atom is -0.351 e. The van der Waals surface area contributed by atoms with Crippen LogP contribution in [-0.2, 0) is 0 Å². The fraction of sp³-hybridized carbons (Fsp3) is 0.364. The number of nitrogens with one attached hydrogen (secondary N) is 1. The normalized spacial score (nSPS) is 27.0. The van der Waals surface area contributed by atoms with E-state index in [1.54, 1.807) is 11.8 Å². The number of benzene rings is 1. The lowest BCUT2D eigenvalue weighted by atomic mass is 10.1. The minimum absolute atomic E-state index is 0.411. The van der Waals surface area contributed by atoms with Gasteiger partial charge in [-0.2, -0.15) is 0 Å². The van der Waals surface area contributed by atoms with E-state index in [2.05, 4.69) is 31.2 Å². The van der Waals surface area contributed by atoms with Crippen LogP contribution in [0.2, 0.25) is 0 Å². The number of hydrogen-bond acceptors (Lipinski definition) is 2. The summed E-state index contributed by atoms with van der Waals surface area (Å²) in [6, 6.07) is 10.8. The summed E-state index contributed by atoms with van der Waals surface area (Å²) in [6.07, 6.45) is 0. The van der Waals surface area contributed by atoms with Crippen LogP contribution in [0.15, 0.2) is 30.3 Å². The monoisotopic (exact) mass is 206 g/mol. The smallest absolute Gasteiger partial charge is 0.157 e. The molecule has 1 aliphatic rings. The lowest BCUT2D eigenvalue weighted by Crippen LogP contribution is -2.27. The second kappa shape index (κ2) is 3.65. The van der Waals surface area contributed by atoms with Crippen LogP contribution in [0.1, 0.15) is 17.7 Å². The molecule has 3 heteroatoms. The van der Waals surface area contributed by atoms with Gasteiger partial charge in [0.1, 0.15) is 0 Å². The second-order valence-corrected chi connectivity index (χ2v) is 4.74. The molecular formula is C11H14N2S. The fourth-order valence-electron chi connectivity index (χ4n) is 1.68. The summed E-state index contributed by atoms with van der Waals surface area (Å²) in [6.45, 7) is 2.17. The van der Waals surface area contributed by atoms with Gasteiger partial charge in [0.05, 0.1) is 5.25 Å². The van der Waals surface area contributed by atoms with Gasteiger partial charge in [-0.3, -0.25) is 5.41 Å². The van der Waals surface area contributed by atoms with Crippen LogP contribution < -0.4 is 0 Å². The van der Waals surface area contributed by atoms with E-state index in [4.69, 9.17) is 5.41 Å². The zero-order valence-electron chi connectivity index (χ0n) is 8.40. The Balaban J connectivity index is 2.26. The molecule has 0 unspecified atom stereocenters. The first kappa shape index (κ1) is 9.59. The van der Waals surface area contributed by atoms with Crippen molar-refractivity contribution in [2.45, 2.75) is 18.2 Å². The predicted molar refractivity (Wildman–Crippen MR) is 61.7 cm³/mol. The molecule has 0 spiro atoms. The van der Waals surface area contributed by atoms with E-state index in [1.807, 2.05) is 18.0 Å². The summed E-state index contributed by atoms with van der Waals surface area (Å²) in [5.41, 5.74) is 1.32. The summed E-state index contributed by atoms with van der Waals surface area (Å²) in [7, 11) is 1.99. The molecule has 0 amide bonds. The highest BCUT2D eigenvalue weighted by Crippen LogP contribution is 2.41. The third kappa shape index (κ3) is 1.52. The molecule has 1 saturated heterocycles. The Kier molecular flexibility index (Phi) is 2.50. The van der Waals surface area contributed by atoms with Gasteiger partial charge in [0.25, 0.3) is 0 Å². The van der Waals surface area contributed by atoms with E-state index in [0.29, 0.717) is 16.5 Å². The molecule has 0 aromatic heterocycles. The quantitative estimate of drug-likeness (QED) is 0.765. The van der Waals surface area contributed by atoms with Gasteiger partial charge >= 0.3 is 0 Å². The molecule has 1 fully saturated rings. The van der Waals surface area contributed by atoms with Gasteiger partial charge in [-0.1, -0.05) is 42.1 Å². The number of hydrogen-bond donors (Lipinski definition) is 1. The van der Waals surface area contributed by atoms with E-state index in [0.717, 1.165) is 0 Å². The van der Waals surface area contributed by atoms with E-state index in [1.165, 1.54) is 5.56 Å². The first-order chi connectivity index (χ1) is 6.70. The van der Waals surface area contributed by atoms with Crippen LogP contribution in [0.5, 0.6) is 0 Å². The number of amidine groups is 1. The highest BCUT2D eigenvalue weighted by atomic mass is 32.2. The molecule has 74 valence electrons. The Labute approximate surface area is 88.8 Å². The number of rotatable bonds is 1. The predicted octanol–water partition coefficient (Wildman–Crippen LogP) is 2.73. The van der Waals surface area contributed by atoms with E-state index >= 15 is 0 Å². The topological polar surface area (TPSA) is 27.1 Å². The van der Waals surface area contributed by atoms with Crippen molar-refractivity contribution < 1.29 is 0 Å². The highest BCUT2D eigenvalue weighted by Gasteiger charge is 2.33. The summed E-state index contributed by atoms with van der Waals surface area (Å²) in [5.74, 6) is 0. The van der Waals surface area contributed by atoms with Crippen LogP contribution >= 0.6 is 11.8 Å². The highest BCUT2D eigenvalue weighted by molar-refractivity contribution is 8.14. The zero-order chi connectivity index (χ0) is 10.1. The lowest BCUT2D eigenvalue weighted by molar-refractivity contribution is 0.402. The molecule has 0 aliphatic carbocycles.